The zero-order chi connectivity index (χ0) is 36.3. The molecule has 0 saturated carbocycles. The van der Waals surface area contributed by atoms with E-state index in [4.69, 9.17) is 29.4 Å². The fourth-order valence-electron chi connectivity index (χ4n) is 6.43. The SMILES string of the molecule is C[N+](C)(C)CCCOc1ccc(C2=C(c3ccc(OCCC[N+](C)(C)C)cc3)C3=NC2=CC2=NC(=CC4=NC(=CC5=NC(=C3)C=C5)C=C4)C=C2)cc1. The molecule has 5 aliphatic heterocycles. The van der Waals surface area contributed by atoms with Gasteiger partial charge < -0.3 is 18.4 Å². The van der Waals surface area contributed by atoms with Gasteiger partial charge in [0.25, 0.3) is 0 Å². The number of rotatable bonds is 12. The van der Waals surface area contributed by atoms with E-state index < -0.39 is 0 Å². The smallest absolute Gasteiger partial charge is 0.119 e. The highest BCUT2D eigenvalue weighted by atomic mass is 16.5. The predicted molar refractivity (Wildman–Crippen MR) is 215 cm³/mol. The van der Waals surface area contributed by atoms with Crippen LogP contribution in [0.3, 0.4) is 0 Å². The van der Waals surface area contributed by atoms with E-state index in [9.17, 15) is 0 Å². The van der Waals surface area contributed by atoms with Gasteiger partial charge in [-0.25, -0.2) is 20.0 Å². The van der Waals surface area contributed by atoms with Crippen molar-refractivity contribution in [3.63, 3.8) is 0 Å². The quantitative estimate of drug-likeness (QED) is 0.170. The van der Waals surface area contributed by atoms with Gasteiger partial charge in [-0.1, -0.05) is 24.3 Å². The summed E-state index contributed by atoms with van der Waals surface area (Å²) in [7, 11) is 13.2. The zero-order valence-corrected chi connectivity index (χ0v) is 31.1. The second-order valence-electron chi connectivity index (χ2n) is 15.6. The maximum atomic E-state index is 6.16. The Bertz CT molecular complexity index is 2110. The molecule has 0 unspecified atom stereocenters. The lowest BCUT2D eigenvalue weighted by Crippen LogP contribution is -2.36. The molecule has 7 rings (SSSR count). The summed E-state index contributed by atoms with van der Waals surface area (Å²) in [4.78, 5) is 19.9. The van der Waals surface area contributed by atoms with Crippen LogP contribution >= 0.6 is 0 Å². The van der Waals surface area contributed by atoms with Gasteiger partial charge in [-0.3, -0.25) is 0 Å². The molecule has 0 fully saturated rings. The molecule has 8 nitrogen and oxygen atoms in total. The van der Waals surface area contributed by atoms with E-state index in [-0.39, 0.29) is 0 Å². The molecule has 0 amide bonds. The molecule has 52 heavy (non-hydrogen) atoms. The number of quaternary nitrogens is 2. The van der Waals surface area contributed by atoms with Gasteiger partial charge in [0, 0.05) is 24.0 Å². The normalized spacial score (nSPS) is 17.7. The minimum absolute atomic E-state index is 0.676. The zero-order valence-electron chi connectivity index (χ0n) is 31.1. The van der Waals surface area contributed by atoms with E-state index in [1.807, 2.05) is 48.6 Å². The summed E-state index contributed by atoms with van der Waals surface area (Å²) in [5.74, 6) is 1.71. The van der Waals surface area contributed by atoms with Crippen molar-refractivity contribution >= 4 is 34.0 Å². The van der Waals surface area contributed by atoms with Gasteiger partial charge in [-0.15, -0.1) is 0 Å². The van der Waals surface area contributed by atoms with Crippen LogP contribution in [0.5, 0.6) is 11.5 Å². The highest BCUT2D eigenvalue weighted by Gasteiger charge is 2.27. The van der Waals surface area contributed by atoms with Crippen LogP contribution in [0.25, 0.3) is 11.1 Å². The molecule has 0 radical (unpaired) electrons. The minimum Gasteiger partial charge on any atom is -0.493 e. The third-order valence-corrected chi connectivity index (χ3v) is 8.98. The fourth-order valence-corrected chi connectivity index (χ4v) is 6.43. The molecule has 264 valence electrons. The third kappa shape index (κ3) is 8.88. The Balaban J connectivity index is 1.28. The molecule has 2 aromatic carbocycles. The first-order valence-electron chi connectivity index (χ1n) is 18.0. The van der Waals surface area contributed by atoms with Crippen molar-refractivity contribution in [1.29, 1.82) is 0 Å². The van der Waals surface area contributed by atoms with Crippen LogP contribution in [0.2, 0.25) is 0 Å². The number of hydrogen-bond donors (Lipinski definition) is 0. The van der Waals surface area contributed by atoms with Crippen molar-refractivity contribution in [2.45, 2.75) is 12.8 Å². The lowest BCUT2D eigenvalue weighted by Gasteiger charge is -2.23. The highest BCUT2D eigenvalue weighted by molar-refractivity contribution is 6.40. The monoisotopic (exact) mass is 692 g/mol. The number of fused-ring (bicyclic) bond motifs is 4. The van der Waals surface area contributed by atoms with E-state index >= 15 is 0 Å². The number of nitrogens with zero attached hydrogens (tertiary/aromatic N) is 6. The van der Waals surface area contributed by atoms with E-state index in [2.05, 4.69) is 103 Å². The highest BCUT2D eigenvalue weighted by Crippen LogP contribution is 2.41. The molecule has 0 saturated heterocycles. The number of benzene rings is 2. The number of ether oxygens (including phenoxy) is 2. The Morgan fingerprint density at radius 2 is 0.885 bits per heavy atom. The third-order valence-electron chi connectivity index (χ3n) is 8.98. The second kappa shape index (κ2) is 14.7. The molecule has 8 bridgehead atoms. The first kappa shape index (κ1) is 35.0. The standard InChI is InChI=1S/C44H48N6O2/c1-49(2,3)23-7-25-51-39-19-9-31(10-20-39)43-41-29-37-17-15-35(46-37)27-33-13-14-34(45-33)28-36-16-18-38(47-36)30-42(48-41)44(43)32-11-21-40(22-12-32)52-26-8-24-50(4,5)6/h9-22,27-30H,7-8,23-26H2,1-6H3/q+2. The lowest BCUT2D eigenvalue weighted by molar-refractivity contribution is -0.870. The molecule has 0 spiro atoms. The number of aliphatic imine (C=N–C) groups is 4. The van der Waals surface area contributed by atoms with Gasteiger partial charge in [0.2, 0.25) is 0 Å². The molecule has 0 N–H and O–H groups in total. The van der Waals surface area contributed by atoms with Crippen LogP contribution < -0.4 is 9.47 Å². The van der Waals surface area contributed by atoms with Gasteiger partial charge in [-0.05, 0) is 96.2 Å². The summed E-state index contributed by atoms with van der Waals surface area (Å²) in [5, 5.41) is 0. The minimum atomic E-state index is 0.676. The second-order valence-corrected chi connectivity index (χ2v) is 15.6. The molecule has 8 heteroatoms. The maximum absolute atomic E-state index is 6.16. The Kier molecular flexibility index (Phi) is 9.86. The average molecular weight is 693 g/mol. The van der Waals surface area contributed by atoms with Crippen molar-refractivity contribution < 1.29 is 18.4 Å². The van der Waals surface area contributed by atoms with Crippen LogP contribution in [-0.2, 0) is 0 Å². The van der Waals surface area contributed by atoms with E-state index in [1.54, 1.807) is 0 Å². The van der Waals surface area contributed by atoms with Gasteiger partial charge in [0.05, 0.1) is 114 Å². The van der Waals surface area contributed by atoms with Crippen molar-refractivity contribution in [3.8, 4) is 11.5 Å². The predicted octanol–water partition coefficient (Wildman–Crippen LogP) is 7.58. The summed E-state index contributed by atoms with van der Waals surface area (Å²) in [6, 6.07) is 16.8. The van der Waals surface area contributed by atoms with Crippen molar-refractivity contribution in [2.75, 3.05) is 68.6 Å². The fraction of sp³-hybridized carbons (Fsp3) is 0.273. The molecular formula is C44H48N6O2+2. The molecule has 2 aromatic rings. The van der Waals surface area contributed by atoms with Gasteiger partial charge in [-0.2, -0.15) is 0 Å². The van der Waals surface area contributed by atoms with Crippen molar-refractivity contribution in [3.05, 3.63) is 143 Å². The van der Waals surface area contributed by atoms with E-state index in [1.165, 1.54) is 0 Å². The van der Waals surface area contributed by atoms with E-state index in [0.29, 0.717) is 13.2 Å². The summed E-state index contributed by atoms with van der Waals surface area (Å²) in [5.41, 5.74) is 10.9. The van der Waals surface area contributed by atoms with Gasteiger partial charge in [0.1, 0.15) is 11.5 Å². The molecule has 0 aromatic heterocycles. The summed E-state index contributed by atoms with van der Waals surface area (Å²) in [6.07, 6.45) is 22.2. The van der Waals surface area contributed by atoms with Gasteiger partial charge >= 0.3 is 0 Å². The maximum Gasteiger partial charge on any atom is 0.119 e. The topological polar surface area (TPSA) is 67.9 Å². The van der Waals surface area contributed by atoms with Crippen LogP contribution in [-0.4, -0.2) is 100 Å². The molecule has 5 heterocycles. The lowest BCUT2D eigenvalue weighted by atomic mass is 9.91. The molecule has 0 aliphatic carbocycles. The number of hydrogen-bond acceptors (Lipinski definition) is 6. The summed E-state index contributed by atoms with van der Waals surface area (Å²) < 4.78 is 14.2. The largest absolute Gasteiger partial charge is 0.493 e. The molecule has 5 aliphatic rings. The van der Waals surface area contributed by atoms with Crippen LogP contribution in [0, 0.1) is 0 Å². The Labute approximate surface area is 307 Å². The van der Waals surface area contributed by atoms with Gasteiger partial charge in [0.15, 0.2) is 0 Å². The van der Waals surface area contributed by atoms with E-state index in [0.717, 1.165) is 114 Å². The Morgan fingerprint density at radius 1 is 0.462 bits per heavy atom. The average Bonchev–Trinajstić information content (AvgIpc) is 3.90. The first-order chi connectivity index (χ1) is 24.9. The molecular weight excluding hydrogens is 645 g/mol. The summed E-state index contributed by atoms with van der Waals surface area (Å²) in [6.45, 7) is 3.46. The van der Waals surface area contributed by atoms with Crippen LogP contribution in [0.1, 0.15) is 24.0 Å². The Morgan fingerprint density at radius 3 is 1.35 bits per heavy atom. The van der Waals surface area contributed by atoms with Crippen LogP contribution in [0.15, 0.2) is 152 Å². The summed E-state index contributed by atoms with van der Waals surface area (Å²) >= 11 is 0. The first-order valence-corrected chi connectivity index (χ1v) is 18.0. The van der Waals surface area contributed by atoms with Crippen LogP contribution in [0.4, 0.5) is 0 Å². The van der Waals surface area contributed by atoms with Crippen molar-refractivity contribution in [2.24, 2.45) is 20.0 Å². The van der Waals surface area contributed by atoms with Crippen molar-refractivity contribution in [1.82, 2.24) is 0 Å². The molecule has 0 atom stereocenters. The Hall–Kier alpha value is -5.44. The number of allylic oxidation sites excluding steroid dienone is 12.